The molecule has 0 saturated carbocycles. The van der Waals surface area contributed by atoms with E-state index in [2.05, 4.69) is 9.68 Å². The molecule has 0 unspecified atom stereocenters. The predicted molar refractivity (Wildman–Crippen MR) is 71.8 cm³/mol. The van der Waals surface area contributed by atoms with E-state index in [1.165, 1.54) is 11.0 Å². The topological polar surface area (TPSA) is 55.6 Å². The van der Waals surface area contributed by atoms with Crippen LogP contribution < -0.4 is 0 Å². The van der Waals surface area contributed by atoms with Crippen LogP contribution in [0.1, 0.15) is 32.2 Å². The fourth-order valence-corrected chi connectivity index (χ4v) is 1.85. The van der Waals surface area contributed by atoms with E-state index in [0.29, 0.717) is 13.1 Å². The van der Waals surface area contributed by atoms with Crippen LogP contribution in [0.15, 0.2) is 16.7 Å². The van der Waals surface area contributed by atoms with Crippen molar-refractivity contribution in [1.82, 2.24) is 10.1 Å². The molecule has 2 rings (SSSR count). The molecule has 0 bridgehead atoms. The molecule has 1 aromatic rings. The van der Waals surface area contributed by atoms with Gasteiger partial charge in [0, 0.05) is 25.1 Å². The van der Waals surface area contributed by atoms with Crippen LogP contribution in [0.2, 0.25) is 0 Å². The Morgan fingerprint density at radius 2 is 2.05 bits per heavy atom. The molecule has 0 radical (unpaired) electrons. The van der Waals surface area contributed by atoms with Gasteiger partial charge in [0.05, 0.1) is 0 Å². The molecule has 0 N–H and O–H groups in total. The number of ether oxygens (including phenoxy) is 1. The maximum atomic E-state index is 12.3. The van der Waals surface area contributed by atoms with Gasteiger partial charge in [-0.3, -0.25) is 0 Å². The Kier molecular flexibility index (Phi) is 4.21. The standard InChI is InChI=1S/C14H17F3N2O3/c1-13(2,3)21-12(20)19-7-9(8-19)4-5-10-6-11(22-18-10)14(15,16)17/h4-6,9H,7-8H2,1-3H3/b5-4+. The highest BCUT2D eigenvalue weighted by molar-refractivity contribution is 5.69. The van der Waals surface area contributed by atoms with Gasteiger partial charge >= 0.3 is 12.3 Å². The fraction of sp³-hybridized carbons (Fsp3) is 0.571. The summed E-state index contributed by atoms with van der Waals surface area (Å²) in [6.07, 6.45) is -1.77. The summed E-state index contributed by atoms with van der Waals surface area (Å²) in [5, 5.41) is 3.33. The van der Waals surface area contributed by atoms with E-state index in [4.69, 9.17) is 4.74 Å². The smallest absolute Gasteiger partial charge is 0.444 e. The highest BCUT2D eigenvalue weighted by Crippen LogP contribution is 2.30. The molecule has 5 nitrogen and oxygen atoms in total. The third kappa shape index (κ3) is 4.25. The van der Waals surface area contributed by atoms with Crippen LogP contribution in [0, 0.1) is 5.92 Å². The van der Waals surface area contributed by atoms with Crippen molar-refractivity contribution >= 4 is 12.2 Å². The van der Waals surface area contributed by atoms with Gasteiger partial charge in [-0.15, -0.1) is 0 Å². The normalized spacial score (nSPS) is 16.9. The molecule has 2 heterocycles. The van der Waals surface area contributed by atoms with Crippen LogP contribution in [-0.2, 0) is 10.9 Å². The molecule has 0 aromatic carbocycles. The molecule has 1 aliphatic heterocycles. The van der Waals surface area contributed by atoms with Gasteiger partial charge in [-0.05, 0) is 26.8 Å². The highest BCUT2D eigenvalue weighted by Gasteiger charge is 2.36. The molecule has 22 heavy (non-hydrogen) atoms. The Bertz CT molecular complexity index is 567. The van der Waals surface area contributed by atoms with Crippen molar-refractivity contribution in [3.8, 4) is 0 Å². The van der Waals surface area contributed by atoms with Gasteiger partial charge in [-0.25, -0.2) is 4.79 Å². The lowest BCUT2D eigenvalue weighted by atomic mass is 10.00. The number of hydrogen-bond donors (Lipinski definition) is 0. The molecule has 1 aromatic heterocycles. The van der Waals surface area contributed by atoms with Gasteiger partial charge in [-0.1, -0.05) is 11.2 Å². The zero-order valence-electron chi connectivity index (χ0n) is 12.5. The maximum Gasteiger partial charge on any atom is 0.452 e. The van der Waals surface area contributed by atoms with Crippen LogP contribution in [0.4, 0.5) is 18.0 Å². The number of hydrogen-bond acceptors (Lipinski definition) is 4. The second-order valence-electron chi connectivity index (χ2n) is 6.12. The number of aromatic nitrogens is 1. The quantitative estimate of drug-likeness (QED) is 0.836. The Morgan fingerprint density at radius 3 is 2.55 bits per heavy atom. The second kappa shape index (κ2) is 5.66. The molecule has 1 amide bonds. The molecular weight excluding hydrogens is 301 g/mol. The number of carbonyl (C=O) groups is 1. The Hall–Kier alpha value is -1.99. The summed E-state index contributed by atoms with van der Waals surface area (Å²) in [4.78, 5) is 13.2. The minimum atomic E-state index is -4.54. The van der Waals surface area contributed by atoms with Crippen molar-refractivity contribution < 1.29 is 27.2 Å². The van der Waals surface area contributed by atoms with E-state index < -0.39 is 23.6 Å². The molecule has 1 aliphatic rings. The van der Waals surface area contributed by atoms with Crippen LogP contribution in [-0.4, -0.2) is 34.8 Å². The summed E-state index contributed by atoms with van der Waals surface area (Å²) < 4.78 is 46.4. The van der Waals surface area contributed by atoms with Gasteiger partial charge in [0.2, 0.25) is 5.76 Å². The summed E-state index contributed by atoms with van der Waals surface area (Å²) in [5.74, 6) is -1.06. The van der Waals surface area contributed by atoms with Gasteiger partial charge < -0.3 is 14.2 Å². The highest BCUT2D eigenvalue weighted by atomic mass is 19.4. The lowest BCUT2D eigenvalue weighted by molar-refractivity contribution is -0.155. The predicted octanol–water partition coefficient (Wildman–Crippen LogP) is 3.57. The average Bonchev–Trinajstić information content (AvgIpc) is 2.72. The van der Waals surface area contributed by atoms with Crippen LogP contribution >= 0.6 is 0 Å². The summed E-state index contributed by atoms with van der Waals surface area (Å²) >= 11 is 0. The first-order valence-electron chi connectivity index (χ1n) is 6.74. The van der Waals surface area contributed by atoms with Gasteiger partial charge in [0.15, 0.2) is 0 Å². The number of rotatable bonds is 2. The number of nitrogens with zero attached hydrogens (tertiary/aromatic N) is 2. The third-order valence-electron chi connectivity index (χ3n) is 2.91. The Labute approximate surface area is 125 Å². The molecule has 122 valence electrons. The van der Waals surface area contributed by atoms with E-state index in [0.717, 1.165) is 6.07 Å². The summed E-state index contributed by atoms with van der Waals surface area (Å²) in [6, 6.07) is 0.834. The van der Waals surface area contributed by atoms with Gasteiger partial charge in [0.1, 0.15) is 11.3 Å². The third-order valence-corrected chi connectivity index (χ3v) is 2.91. The van der Waals surface area contributed by atoms with E-state index in [9.17, 15) is 18.0 Å². The van der Waals surface area contributed by atoms with Crippen molar-refractivity contribution in [2.75, 3.05) is 13.1 Å². The van der Waals surface area contributed by atoms with E-state index >= 15 is 0 Å². The van der Waals surface area contributed by atoms with Gasteiger partial charge in [0.25, 0.3) is 0 Å². The van der Waals surface area contributed by atoms with Crippen molar-refractivity contribution in [2.45, 2.75) is 32.5 Å². The summed E-state index contributed by atoms with van der Waals surface area (Å²) in [7, 11) is 0. The van der Waals surface area contributed by atoms with Crippen LogP contribution in [0.3, 0.4) is 0 Å². The molecule has 0 aliphatic carbocycles. The minimum absolute atomic E-state index is 0.0681. The lowest BCUT2D eigenvalue weighted by Crippen LogP contribution is -2.50. The minimum Gasteiger partial charge on any atom is -0.444 e. The Balaban J connectivity index is 1.82. The molecule has 1 saturated heterocycles. The molecular formula is C14H17F3N2O3. The first-order chi connectivity index (χ1) is 10.0. The maximum absolute atomic E-state index is 12.3. The molecule has 1 fully saturated rings. The van der Waals surface area contributed by atoms with E-state index in [-0.39, 0.29) is 11.6 Å². The first kappa shape index (κ1) is 16.4. The van der Waals surface area contributed by atoms with E-state index in [1.807, 2.05) is 0 Å². The average molecular weight is 318 g/mol. The molecule has 0 atom stereocenters. The molecule has 8 heteroatoms. The second-order valence-corrected chi connectivity index (χ2v) is 6.12. The van der Waals surface area contributed by atoms with Gasteiger partial charge in [-0.2, -0.15) is 13.2 Å². The number of likely N-dealkylation sites (tertiary alicyclic amines) is 1. The number of alkyl halides is 3. The lowest BCUT2D eigenvalue weighted by Gasteiger charge is -2.38. The van der Waals surface area contributed by atoms with Crippen molar-refractivity contribution in [1.29, 1.82) is 0 Å². The summed E-state index contributed by atoms with van der Waals surface area (Å²) in [6.45, 7) is 6.28. The summed E-state index contributed by atoms with van der Waals surface area (Å²) in [5.41, 5.74) is -0.449. The van der Waals surface area contributed by atoms with E-state index in [1.54, 1.807) is 26.8 Å². The van der Waals surface area contributed by atoms with Crippen molar-refractivity contribution in [3.63, 3.8) is 0 Å². The monoisotopic (exact) mass is 318 g/mol. The van der Waals surface area contributed by atoms with Crippen molar-refractivity contribution in [2.24, 2.45) is 5.92 Å². The number of amides is 1. The zero-order valence-corrected chi connectivity index (χ0v) is 12.5. The van der Waals surface area contributed by atoms with Crippen molar-refractivity contribution in [3.05, 3.63) is 23.6 Å². The Morgan fingerprint density at radius 1 is 1.41 bits per heavy atom. The largest absolute Gasteiger partial charge is 0.452 e. The van der Waals surface area contributed by atoms with Crippen LogP contribution in [0.5, 0.6) is 0 Å². The number of carbonyl (C=O) groups excluding carboxylic acids is 1. The van der Waals surface area contributed by atoms with Crippen LogP contribution in [0.25, 0.3) is 6.08 Å². The fourth-order valence-electron chi connectivity index (χ4n) is 1.85. The molecule has 0 spiro atoms. The number of halogens is 3. The first-order valence-corrected chi connectivity index (χ1v) is 6.74. The zero-order chi connectivity index (χ0) is 16.5. The SMILES string of the molecule is CC(C)(C)OC(=O)N1CC(/C=C/c2cc(C(F)(F)F)on2)C1.